The Morgan fingerprint density at radius 1 is 1.29 bits per heavy atom. The Bertz CT molecular complexity index is 172. The number of nitrogens with zero attached hydrogens (tertiary/aromatic N) is 1. The summed E-state index contributed by atoms with van der Waals surface area (Å²) >= 11 is 0. The fourth-order valence-corrected chi connectivity index (χ4v) is 2.62. The average molecular weight is 198 g/mol. The molecule has 1 heterocycles. The monoisotopic (exact) mass is 198 g/mol. The first-order valence-electron chi connectivity index (χ1n) is 5.88. The van der Waals surface area contributed by atoms with Gasteiger partial charge in [-0.15, -0.1) is 0 Å². The molecule has 2 heteroatoms. The van der Waals surface area contributed by atoms with Gasteiger partial charge in [0.05, 0.1) is 0 Å². The van der Waals surface area contributed by atoms with Crippen LogP contribution in [0.3, 0.4) is 0 Å². The predicted molar refractivity (Wildman–Crippen MR) is 62.3 cm³/mol. The van der Waals surface area contributed by atoms with Gasteiger partial charge < -0.3 is 10.6 Å². The highest BCUT2D eigenvalue weighted by molar-refractivity contribution is 4.83. The number of likely N-dealkylation sites (N-methyl/N-ethyl adjacent to an activating group) is 1. The van der Waals surface area contributed by atoms with Crippen molar-refractivity contribution < 1.29 is 0 Å². The summed E-state index contributed by atoms with van der Waals surface area (Å²) in [5, 5.41) is 0. The summed E-state index contributed by atoms with van der Waals surface area (Å²) in [6.07, 6.45) is 2.52. The molecule has 2 N–H and O–H groups in total. The van der Waals surface area contributed by atoms with Crippen molar-refractivity contribution in [2.24, 2.45) is 17.1 Å². The van der Waals surface area contributed by atoms with Crippen molar-refractivity contribution in [1.29, 1.82) is 0 Å². The van der Waals surface area contributed by atoms with Crippen LogP contribution in [0.5, 0.6) is 0 Å². The molecule has 2 atom stereocenters. The summed E-state index contributed by atoms with van der Waals surface area (Å²) in [5.74, 6) is 0.804. The molecule has 1 aliphatic heterocycles. The second-order valence-electron chi connectivity index (χ2n) is 5.98. The molecule has 0 bridgehead atoms. The molecule has 0 aromatic heterocycles. The Hall–Kier alpha value is -0.0800. The van der Waals surface area contributed by atoms with Crippen LogP contribution in [0.1, 0.15) is 40.5 Å². The van der Waals surface area contributed by atoms with E-state index in [0.29, 0.717) is 11.5 Å². The average Bonchev–Trinajstić information content (AvgIpc) is 1.99. The van der Waals surface area contributed by atoms with Gasteiger partial charge >= 0.3 is 0 Å². The molecule has 2 unspecified atom stereocenters. The van der Waals surface area contributed by atoms with Crippen LogP contribution < -0.4 is 5.73 Å². The quantitative estimate of drug-likeness (QED) is 0.736. The van der Waals surface area contributed by atoms with Gasteiger partial charge in [-0.3, -0.25) is 0 Å². The lowest BCUT2D eigenvalue weighted by Crippen LogP contribution is -2.47. The summed E-state index contributed by atoms with van der Waals surface area (Å²) in [4.78, 5) is 2.49. The zero-order valence-corrected chi connectivity index (χ0v) is 10.2. The molecule has 0 radical (unpaired) electrons. The smallest absolute Gasteiger partial charge is 0.0170 e. The van der Waals surface area contributed by atoms with E-state index in [1.54, 1.807) is 0 Å². The molecule has 0 amide bonds. The zero-order chi connectivity index (χ0) is 10.8. The van der Waals surface area contributed by atoms with E-state index >= 15 is 0 Å². The van der Waals surface area contributed by atoms with Crippen molar-refractivity contribution >= 4 is 0 Å². The van der Waals surface area contributed by atoms with Crippen molar-refractivity contribution in [2.75, 3.05) is 19.6 Å². The zero-order valence-electron chi connectivity index (χ0n) is 10.2. The Balaban J connectivity index is 2.45. The molecular weight excluding hydrogens is 172 g/mol. The normalized spacial score (nSPS) is 30.6. The lowest BCUT2D eigenvalue weighted by atomic mass is 9.80. The summed E-state index contributed by atoms with van der Waals surface area (Å²) in [5.41, 5.74) is 6.51. The number of nitrogens with two attached hydrogens (primary N) is 1. The van der Waals surface area contributed by atoms with Crippen LogP contribution in [0.15, 0.2) is 0 Å². The van der Waals surface area contributed by atoms with Crippen molar-refractivity contribution in [3.63, 3.8) is 0 Å². The van der Waals surface area contributed by atoms with Crippen LogP contribution in [-0.2, 0) is 0 Å². The van der Waals surface area contributed by atoms with E-state index in [9.17, 15) is 0 Å². The van der Waals surface area contributed by atoms with E-state index < -0.39 is 0 Å². The molecule has 1 aliphatic rings. The highest BCUT2D eigenvalue weighted by Crippen LogP contribution is 2.29. The molecule has 0 aromatic rings. The van der Waals surface area contributed by atoms with Gasteiger partial charge in [0.2, 0.25) is 0 Å². The van der Waals surface area contributed by atoms with E-state index in [1.807, 2.05) is 0 Å². The Morgan fingerprint density at radius 3 is 2.43 bits per heavy atom. The molecule has 0 spiro atoms. The largest absolute Gasteiger partial charge is 0.327 e. The van der Waals surface area contributed by atoms with Gasteiger partial charge in [-0.25, -0.2) is 0 Å². The first-order valence-corrected chi connectivity index (χ1v) is 5.88. The van der Waals surface area contributed by atoms with E-state index in [-0.39, 0.29) is 0 Å². The highest BCUT2D eigenvalue weighted by atomic mass is 15.1. The standard InChI is InChI=1S/C12H26N2/c1-5-14-8-10(6-11(13)9-14)7-12(2,3)4/h10-11H,5-9,13H2,1-4H3. The van der Waals surface area contributed by atoms with Gasteiger partial charge in [0.25, 0.3) is 0 Å². The van der Waals surface area contributed by atoms with E-state index in [1.165, 1.54) is 19.4 Å². The maximum atomic E-state index is 6.07. The number of piperidine rings is 1. The number of hydrogen-bond donors (Lipinski definition) is 1. The number of rotatable bonds is 2. The summed E-state index contributed by atoms with van der Waals surface area (Å²) < 4.78 is 0. The number of hydrogen-bond acceptors (Lipinski definition) is 2. The minimum atomic E-state index is 0.399. The Labute approximate surface area is 88.8 Å². The van der Waals surface area contributed by atoms with Crippen LogP contribution in [-0.4, -0.2) is 30.6 Å². The second kappa shape index (κ2) is 4.63. The van der Waals surface area contributed by atoms with Gasteiger partial charge in [-0.2, -0.15) is 0 Å². The Morgan fingerprint density at radius 2 is 1.93 bits per heavy atom. The molecule has 1 fully saturated rings. The lowest BCUT2D eigenvalue weighted by molar-refractivity contribution is 0.131. The van der Waals surface area contributed by atoms with Crippen molar-refractivity contribution in [3.05, 3.63) is 0 Å². The molecular formula is C12H26N2. The first kappa shape index (κ1) is 12.0. The lowest BCUT2D eigenvalue weighted by Gasteiger charge is -2.38. The fourth-order valence-electron chi connectivity index (χ4n) is 2.62. The molecule has 0 saturated carbocycles. The van der Waals surface area contributed by atoms with Crippen LogP contribution in [0, 0.1) is 11.3 Å². The third-order valence-electron chi connectivity index (χ3n) is 2.99. The third-order valence-corrected chi connectivity index (χ3v) is 2.99. The Kier molecular flexibility index (Phi) is 3.96. The first-order chi connectivity index (χ1) is 6.40. The van der Waals surface area contributed by atoms with Crippen LogP contribution in [0.25, 0.3) is 0 Å². The van der Waals surface area contributed by atoms with Gasteiger partial charge in [-0.1, -0.05) is 27.7 Å². The second-order valence-corrected chi connectivity index (χ2v) is 5.98. The molecule has 0 aromatic carbocycles. The van der Waals surface area contributed by atoms with Gasteiger partial charge in [-0.05, 0) is 30.7 Å². The predicted octanol–water partition coefficient (Wildman–Crippen LogP) is 2.09. The summed E-state index contributed by atoms with van der Waals surface area (Å²) in [6.45, 7) is 12.7. The number of likely N-dealkylation sites (tertiary alicyclic amines) is 1. The third kappa shape index (κ3) is 3.97. The van der Waals surface area contributed by atoms with Gasteiger partial charge in [0.15, 0.2) is 0 Å². The van der Waals surface area contributed by atoms with Crippen molar-refractivity contribution in [3.8, 4) is 0 Å². The van der Waals surface area contributed by atoms with Crippen molar-refractivity contribution in [2.45, 2.75) is 46.6 Å². The van der Waals surface area contributed by atoms with Crippen LogP contribution in [0.4, 0.5) is 0 Å². The molecule has 1 saturated heterocycles. The molecule has 84 valence electrons. The molecule has 0 aliphatic carbocycles. The van der Waals surface area contributed by atoms with E-state index in [0.717, 1.165) is 19.0 Å². The minimum absolute atomic E-state index is 0.399. The van der Waals surface area contributed by atoms with Crippen molar-refractivity contribution in [1.82, 2.24) is 4.90 Å². The highest BCUT2D eigenvalue weighted by Gasteiger charge is 2.27. The maximum absolute atomic E-state index is 6.07. The van der Waals surface area contributed by atoms with Crippen LogP contribution in [0.2, 0.25) is 0 Å². The molecule has 2 nitrogen and oxygen atoms in total. The summed E-state index contributed by atoms with van der Waals surface area (Å²) in [6, 6.07) is 0.399. The van der Waals surface area contributed by atoms with Gasteiger partial charge in [0, 0.05) is 19.1 Å². The molecule has 1 rings (SSSR count). The maximum Gasteiger partial charge on any atom is 0.0170 e. The van der Waals surface area contributed by atoms with E-state index in [2.05, 4.69) is 32.6 Å². The van der Waals surface area contributed by atoms with Crippen LogP contribution >= 0.6 is 0 Å². The summed E-state index contributed by atoms with van der Waals surface area (Å²) in [7, 11) is 0. The molecule has 14 heavy (non-hydrogen) atoms. The topological polar surface area (TPSA) is 29.3 Å². The minimum Gasteiger partial charge on any atom is -0.327 e. The SMILES string of the molecule is CCN1CC(N)CC(CC(C)(C)C)C1. The van der Waals surface area contributed by atoms with Gasteiger partial charge in [0.1, 0.15) is 0 Å². The fraction of sp³-hybridized carbons (Fsp3) is 1.00. The van der Waals surface area contributed by atoms with E-state index in [4.69, 9.17) is 5.73 Å².